The summed E-state index contributed by atoms with van der Waals surface area (Å²) in [6, 6.07) is 6.26. The van der Waals surface area contributed by atoms with Crippen molar-refractivity contribution < 1.29 is 9.15 Å². The maximum atomic E-state index is 5.63. The van der Waals surface area contributed by atoms with Gasteiger partial charge in [0.25, 0.3) is 0 Å². The Labute approximate surface area is 121 Å². The summed E-state index contributed by atoms with van der Waals surface area (Å²) in [5, 5.41) is 3.38. The lowest BCUT2D eigenvalue weighted by atomic mass is 9.97. The van der Waals surface area contributed by atoms with Gasteiger partial charge in [-0.3, -0.25) is 0 Å². The molecule has 20 heavy (non-hydrogen) atoms. The van der Waals surface area contributed by atoms with Crippen molar-refractivity contribution in [3.63, 3.8) is 0 Å². The van der Waals surface area contributed by atoms with Crippen LogP contribution in [0.2, 0.25) is 0 Å². The smallest absolute Gasteiger partial charge is 0.127 e. The van der Waals surface area contributed by atoms with E-state index in [1.165, 1.54) is 11.1 Å². The molecule has 1 aromatic carbocycles. The minimum absolute atomic E-state index is 0.743. The fourth-order valence-corrected chi connectivity index (χ4v) is 2.51. The molecule has 0 aliphatic rings. The highest BCUT2D eigenvalue weighted by molar-refractivity contribution is 5.75. The van der Waals surface area contributed by atoms with Gasteiger partial charge in [0, 0.05) is 11.1 Å². The Morgan fingerprint density at radius 3 is 2.75 bits per heavy atom. The highest BCUT2D eigenvalue weighted by atomic mass is 16.5. The van der Waals surface area contributed by atoms with E-state index in [9.17, 15) is 0 Å². The monoisotopic (exact) mass is 273 g/mol. The molecular formula is C17H23NO2. The topological polar surface area (TPSA) is 34.4 Å². The Morgan fingerprint density at radius 1 is 1.25 bits per heavy atom. The van der Waals surface area contributed by atoms with Gasteiger partial charge in [0.2, 0.25) is 0 Å². The minimum atomic E-state index is 0.743. The van der Waals surface area contributed by atoms with E-state index in [0.29, 0.717) is 0 Å². The molecule has 3 heteroatoms. The van der Waals surface area contributed by atoms with Crippen molar-refractivity contribution in [1.82, 2.24) is 5.32 Å². The largest absolute Gasteiger partial charge is 0.496 e. The summed E-state index contributed by atoms with van der Waals surface area (Å²) in [6.45, 7) is 8.08. The van der Waals surface area contributed by atoms with Crippen LogP contribution in [0.25, 0.3) is 11.1 Å². The molecule has 2 aromatic rings. The zero-order valence-electron chi connectivity index (χ0n) is 12.7. The number of nitrogens with one attached hydrogen (secondary N) is 1. The molecule has 0 atom stereocenters. The number of aryl methyl sites for hydroxylation is 2. The molecule has 108 valence electrons. The quantitative estimate of drug-likeness (QED) is 0.806. The first kappa shape index (κ1) is 14.7. The Bertz CT molecular complexity index is 572. The second-order valence-electron chi connectivity index (χ2n) is 5.09. The molecule has 0 amide bonds. The molecule has 0 radical (unpaired) electrons. The van der Waals surface area contributed by atoms with E-state index < -0.39 is 0 Å². The third kappa shape index (κ3) is 3.05. The Balaban J connectivity index is 2.39. The average molecular weight is 273 g/mol. The number of ether oxygens (including phenoxy) is 1. The molecule has 0 bridgehead atoms. The lowest BCUT2D eigenvalue weighted by Crippen LogP contribution is -2.13. The molecule has 1 aromatic heterocycles. The van der Waals surface area contributed by atoms with E-state index in [1.54, 1.807) is 13.4 Å². The van der Waals surface area contributed by atoms with Crippen LogP contribution in [0.15, 0.2) is 28.9 Å². The van der Waals surface area contributed by atoms with Gasteiger partial charge in [-0.2, -0.15) is 0 Å². The van der Waals surface area contributed by atoms with Gasteiger partial charge in [0.05, 0.1) is 19.9 Å². The fourth-order valence-electron chi connectivity index (χ4n) is 2.51. The van der Waals surface area contributed by atoms with Gasteiger partial charge in [-0.15, -0.1) is 0 Å². The van der Waals surface area contributed by atoms with Crippen LogP contribution in [0.1, 0.15) is 30.2 Å². The molecule has 0 fully saturated rings. The molecule has 2 rings (SSSR count). The normalized spacial score (nSPS) is 10.8. The summed E-state index contributed by atoms with van der Waals surface area (Å²) in [5.41, 5.74) is 4.65. The van der Waals surface area contributed by atoms with Crippen LogP contribution in [-0.4, -0.2) is 13.7 Å². The van der Waals surface area contributed by atoms with Gasteiger partial charge in [-0.25, -0.2) is 0 Å². The molecule has 0 aliphatic heterocycles. The van der Waals surface area contributed by atoms with Gasteiger partial charge < -0.3 is 14.5 Å². The molecule has 0 spiro atoms. The average Bonchev–Trinajstić information content (AvgIpc) is 2.86. The van der Waals surface area contributed by atoms with Crippen molar-refractivity contribution in [2.75, 3.05) is 13.7 Å². The first-order chi connectivity index (χ1) is 9.67. The summed E-state index contributed by atoms with van der Waals surface area (Å²) < 4.78 is 11.2. The molecule has 0 aliphatic carbocycles. The molecule has 0 saturated carbocycles. The van der Waals surface area contributed by atoms with E-state index in [-0.39, 0.29) is 0 Å². The third-order valence-electron chi connectivity index (χ3n) is 3.39. The van der Waals surface area contributed by atoms with E-state index in [2.05, 4.69) is 38.2 Å². The van der Waals surface area contributed by atoms with Crippen molar-refractivity contribution in [3.8, 4) is 16.9 Å². The van der Waals surface area contributed by atoms with Crippen LogP contribution in [0.4, 0.5) is 0 Å². The van der Waals surface area contributed by atoms with E-state index in [4.69, 9.17) is 9.15 Å². The number of hydrogen-bond donors (Lipinski definition) is 1. The van der Waals surface area contributed by atoms with Crippen molar-refractivity contribution in [1.29, 1.82) is 0 Å². The zero-order valence-corrected chi connectivity index (χ0v) is 12.7. The van der Waals surface area contributed by atoms with Gasteiger partial charge in [0.15, 0.2) is 0 Å². The van der Waals surface area contributed by atoms with E-state index in [0.717, 1.165) is 42.1 Å². The number of methoxy groups -OCH3 is 1. The van der Waals surface area contributed by atoms with Crippen LogP contribution >= 0.6 is 0 Å². The SMILES string of the molecule is CCCNCc1occc1-c1c(C)cc(C)cc1OC. The lowest BCUT2D eigenvalue weighted by Gasteiger charge is -2.13. The van der Waals surface area contributed by atoms with Crippen molar-refractivity contribution in [2.45, 2.75) is 33.7 Å². The molecular weight excluding hydrogens is 250 g/mol. The minimum Gasteiger partial charge on any atom is -0.496 e. The van der Waals surface area contributed by atoms with Crippen LogP contribution in [-0.2, 0) is 6.54 Å². The summed E-state index contributed by atoms with van der Waals surface area (Å²) >= 11 is 0. The zero-order chi connectivity index (χ0) is 14.5. The summed E-state index contributed by atoms with van der Waals surface area (Å²) in [6.07, 6.45) is 2.86. The molecule has 1 heterocycles. The van der Waals surface area contributed by atoms with Crippen molar-refractivity contribution in [3.05, 3.63) is 41.3 Å². The Morgan fingerprint density at radius 2 is 2.05 bits per heavy atom. The lowest BCUT2D eigenvalue weighted by molar-refractivity contribution is 0.415. The third-order valence-corrected chi connectivity index (χ3v) is 3.39. The summed E-state index contributed by atoms with van der Waals surface area (Å²) in [5.74, 6) is 1.87. The predicted octanol–water partition coefficient (Wildman–Crippen LogP) is 4.07. The Hall–Kier alpha value is -1.74. The first-order valence-corrected chi connectivity index (χ1v) is 7.10. The fraction of sp³-hybridized carbons (Fsp3) is 0.412. The van der Waals surface area contributed by atoms with Crippen LogP contribution in [0.5, 0.6) is 5.75 Å². The highest BCUT2D eigenvalue weighted by Crippen LogP contribution is 2.36. The molecule has 0 unspecified atom stereocenters. The van der Waals surface area contributed by atoms with Gasteiger partial charge in [-0.1, -0.05) is 13.0 Å². The maximum absolute atomic E-state index is 5.63. The van der Waals surface area contributed by atoms with Gasteiger partial charge >= 0.3 is 0 Å². The van der Waals surface area contributed by atoms with E-state index >= 15 is 0 Å². The Kier molecular flexibility index (Phi) is 4.85. The summed E-state index contributed by atoms with van der Waals surface area (Å²) in [7, 11) is 1.72. The van der Waals surface area contributed by atoms with Gasteiger partial charge in [0.1, 0.15) is 11.5 Å². The second-order valence-corrected chi connectivity index (χ2v) is 5.09. The number of hydrogen-bond acceptors (Lipinski definition) is 3. The standard InChI is InChI=1S/C17H23NO2/c1-5-7-18-11-16-14(6-8-20-16)17-13(3)9-12(2)10-15(17)19-4/h6,8-10,18H,5,7,11H2,1-4H3. The number of rotatable bonds is 6. The number of benzene rings is 1. The molecule has 3 nitrogen and oxygen atoms in total. The van der Waals surface area contributed by atoms with E-state index in [1.807, 2.05) is 6.07 Å². The maximum Gasteiger partial charge on any atom is 0.127 e. The van der Waals surface area contributed by atoms with Gasteiger partial charge in [-0.05, 0) is 50.1 Å². The predicted molar refractivity (Wildman–Crippen MR) is 82.2 cm³/mol. The van der Waals surface area contributed by atoms with Crippen molar-refractivity contribution in [2.24, 2.45) is 0 Å². The summed E-state index contributed by atoms with van der Waals surface area (Å²) in [4.78, 5) is 0. The first-order valence-electron chi connectivity index (χ1n) is 7.10. The van der Waals surface area contributed by atoms with Crippen LogP contribution < -0.4 is 10.1 Å². The highest BCUT2D eigenvalue weighted by Gasteiger charge is 2.16. The van der Waals surface area contributed by atoms with Crippen LogP contribution in [0.3, 0.4) is 0 Å². The van der Waals surface area contributed by atoms with Crippen molar-refractivity contribution >= 4 is 0 Å². The molecule has 1 N–H and O–H groups in total. The molecule has 0 saturated heterocycles. The number of furan rings is 1. The second kappa shape index (κ2) is 6.62. The van der Waals surface area contributed by atoms with Crippen LogP contribution in [0, 0.1) is 13.8 Å².